The number of furan rings is 1. The summed E-state index contributed by atoms with van der Waals surface area (Å²) in [7, 11) is 0. The normalized spacial score (nSPS) is 15.6. The van der Waals surface area contributed by atoms with E-state index in [0.29, 0.717) is 0 Å². The van der Waals surface area contributed by atoms with Crippen molar-refractivity contribution >= 4 is 87.6 Å². The highest BCUT2D eigenvalue weighted by Gasteiger charge is 2.51. The van der Waals surface area contributed by atoms with Gasteiger partial charge in [-0.2, -0.15) is 0 Å². The molecule has 4 heteroatoms. The summed E-state index contributed by atoms with van der Waals surface area (Å²) < 4.78 is 9.32. The van der Waals surface area contributed by atoms with Crippen molar-refractivity contribution in [3.8, 4) is 22.3 Å². The highest BCUT2D eigenvalue weighted by molar-refractivity contribution is 7.26. The third kappa shape index (κ3) is 5.32. The number of para-hydroxylation sites is 1. The first-order chi connectivity index (χ1) is 36.1. The largest absolute Gasteiger partial charge is 0.456 e. The second-order valence-electron chi connectivity index (χ2n) is 20.0. The molecule has 2 aromatic heterocycles. The number of benzene rings is 11. The van der Waals surface area contributed by atoms with Crippen LogP contribution in [0.4, 0.5) is 34.1 Å². The van der Waals surface area contributed by atoms with Crippen molar-refractivity contribution in [1.82, 2.24) is 0 Å². The van der Waals surface area contributed by atoms with Crippen LogP contribution in [0.2, 0.25) is 0 Å². The molecular formula is C69H44N2OS. The molecule has 11 aromatic carbocycles. The third-order valence-corrected chi connectivity index (χ3v) is 17.6. The number of hydrogen-bond acceptors (Lipinski definition) is 4. The summed E-state index contributed by atoms with van der Waals surface area (Å²) in [5, 5.41) is 4.71. The van der Waals surface area contributed by atoms with E-state index in [1.807, 2.05) is 11.3 Å². The van der Waals surface area contributed by atoms with Gasteiger partial charge in [-0.3, -0.25) is 0 Å². The molecule has 1 unspecified atom stereocenters. The van der Waals surface area contributed by atoms with Crippen molar-refractivity contribution in [1.29, 1.82) is 0 Å². The Morgan fingerprint density at radius 2 is 0.973 bits per heavy atom. The van der Waals surface area contributed by atoms with Crippen molar-refractivity contribution in [2.75, 3.05) is 9.80 Å². The fraction of sp³-hybridized carbons (Fsp3) is 0.0435. The van der Waals surface area contributed by atoms with Crippen LogP contribution in [-0.4, -0.2) is 0 Å². The number of nitrogens with zero attached hydrogens (tertiary/aromatic N) is 2. The fourth-order valence-corrected chi connectivity index (χ4v) is 14.8. The van der Waals surface area contributed by atoms with Gasteiger partial charge in [-0.05, 0) is 123 Å². The van der Waals surface area contributed by atoms with Crippen LogP contribution in [0.1, 0.15) is 45.9 Å². The summed E-state index contributed by atoms with van der Waals surface area (Å²) >= 11 is 1.87. The Morgan fingerprint density at radius 3 is 1.78 bits per heavy atom. The predicted molar refractivity (Wildman–Crippen MR) is 304 cm³/mol. The molecule has 3 aliphatic rings. The minimum atomic E-state index is -0.665. The number of anilines is 6. The zero-order chi connectivity index (χ0) is 48.0. The predicted octanol–water partition coefficient (Wildman–Crippen LogP) is 18.9. The molecule has 1 atom stereocenters. The van der Waals surface area contributed by atoms with Crippen LogP contribution in [0, 0.1) is 0 Å². The lowest BCUT2D eigenvalue weighted by Gasteiger charge is -2.43. The molecule has 0 bridgehead atoms. The monoisotopic (exact) mass is 948 g/mol. The fourth-order valence-electron chi connectivity index (χ4n) is 13.7. The molecule has 0 amide bonds. The second kappa shape index (κ2) is 15.0. The van der Waals surface area contributed by atoms with Gasteiger partial charge in [-0.15, -0.1) is 11.3 Å². The van der Waals surface area contributed by atoms with Gasteiger partial charge in [-0.25, -0.2) is 0 Å². The SMILES string of the molecule is CC12c3ccccc3-c3cccc(c31)N(c1cccc3sc4ccccc4c13)c1cc(N(c3cccc4c3C(c3ccccc3)(c3ccccc3)c3ccccc3-4)c3cccc4oc5ccccc5c34)ccc12. The Bertz CT molecular complexity index is 4390. The molecule has 73 heavy (non-hydrogen) atoms. The molecule has 342 valence electrons. The smallest absolute Gasteiger partial charge is 0.137 e. The van der Waals surface area contributed by atoms with E-state index >= 15 is 0 Å². The summed E-state index contributed by atoms with van der Waals surface area (Å²) in [5.41, 5.74) is 21.4. The highest BCUT2D eigenvalue weighted by atomic mass is 32.1. The van der Waals surface area contributed by atoms with E-state index in [-0.39, 0.29) is 0 Å². The molecule has 0 N–H and O–H groups in total. The minimum absolute atomic E-state index is 0.422. The molecule has 3 heterocycles. The summed E-state index contributed by atoms with van der Waals surface area (Å²) in [6.45, 7) is 2.46. The molecule has 0 spiro atoms. The first-order valence-corrected chi connectivity index (χ1v) is 26.1. The zero-order valence-electron chi connectivity index (χ0n) is 39.9. The Labute approximate surface area is 427 Å². The van der Waals surface area contributed by atoms with Crippen LogP contribution in [0.25, 0.3) is 64.4 Å². The van der Waals surface area contributed by atoms with Crippen LogP contribution >= 0.6 is 11.3 Å². The summed E-state index contributed by atoms with van der Waals surface area (Å²) in [6.07, 6.45) is 0. The Morgan fingerprint density at radius 1 is 0.397 bits per heavy atom. The molecule has 0 radical (unpaired) electrons. The summed E-state index contributed by atoms with van der Waals surface area (Å²) in [4.78, 5) is 5.16. The molecule has 2 aliphatic carbocycles. The molecule has 0 fully saturated rings. The van der Waals surface area contributed by atoms with E-state index < -0.39 is 10.8 Å². The van der Waals surface area contributed by atoms with E-state index in [1.54, 1.807) is 0 Å². The van der Waals surface area contributed by atoms with Gasteiger partial charge in [0.15, 0.2) is 0 Å². The van der Waals surface area contributed by atoms with E-state index in [9.17, 15) is 0 Å². The third-order valence-electron chi connectivity index (χ3n) is 16.5. The molecular weight excluding hydrogens is 905 g/mol. The number of rotatable bonds is 6. The second-order valence-corrected chi connectivity index (χ2v) is 21.1. The van der Waals surface area contributed by atoms with Crippen molar-refractivity contribution in [3.63, 3.8) is 0 Å². The minimum Gasteiger partial charge on any atom is -0.456 e. The van der Waals surface area contributed by atoms with Crippen molar-refractivity contribution in [3.05, 3.63) is 288 Å². The average molecular weight is 949 g/mol. The molecule has 0 saturated carbocycles. The molecule has 1 aliphatic heterocycles. The first kappa shape index (κ1) is 40.7. The van der Waals surface area contributed by atoms with Gasteiger partial charge >= 0.3 is 0 Å². The van der Waals surface area contributed by atoms with E-state index in [0.717, 1.165) is 44.7 Å². The lowest BCUT2D eigenvalue weighted by Crippen LogP contribution is -2.32. The lowest BCUT2D eigenvalue weighted by atomic mass is 9.67. The van der Waals surface area contributed by atoms with Crippen LogP contribution in [0.5, 0.6) is 0 Å². The highest BCUT2D eigenvalue weighted by Crippen LogP contribution is 2.65. The Kier molecular flexibility index (Phi) is 8.39. The standard InChI is InChI=1S/C69H44N2OS/c1-68-52-30-12-8-24-46(52)48-28-16-34-57(66(48)68)71(56-33-19-39-63-65(56)51-27-11-15-38-62(51)73-63)59-42-45(40-41-54(59)68)70(55-32-18-37-61-64(55)50-26-10-14-36-60(50)72-61)58-35-17-29-49-47-25-9-13-31-53(47)69(67(49)58,43-20-4-2-5-21-43)44-22-6-3-7-23-44/h2-42H,1H3. The lowest BCUT2D eigenvalue weighted by molar-refractivity contribution is 0.669. The zero-order valence-corrected chi connectivity index (χ0v) is 40.7. The Balaban J connectivity index is 1.05. The number of fused-ring (bicyclic) bond motifs is 14. The van der Waals surface area contributed by atoms with Crippen LogP contribution in [0.3, 0.4) is 0 Å². The van der Waals surface area contributed by atoms with Crippen molar-refractivity contribution in [2.24, 2.45) is 0 Å². The van der Waals surface area contributed by atoms with Gasteiger partial charge in [-0.1, -0.05) is 188 Å². The van der Waals surface area contributed by atoms with Crippen molar-refractivity contribution < 1.29 is 4.42 Å². The maximum atomic E-state index is 6.76. The molecule has 0 saturated heterocycles. The van der Waals surface area contributed by atoms with Gasteiger partial charge in [0.2, 0.25) is 0 Å². The van der Waals surface area contributed by atoms with E-state index in [4.69, 9.17) is 4.42 Å². The van der Waals surface area contributed by atoms with Gasteiger partial charge in [0.1, 0.15) is 11.2 Å². The van der Waals surface area contributed by atoms with Gasteiger partial charge in [0, 0.05) is 42.2 Å². The van der Waals surface area contributed by atoms with Crippen molar-refractivity contribution in [2.45, 2.75) is 17.8 Å². The topological polar surface area (TPSA) is 19.6 Å². The van der Waals surface area contributed by atoms with E-state index in [2.05, 4.69) is 265 Å². The molecule has 3 nitrogen and oxygen atoms in total. The average Bonchev–Trinajstić information content (AvgIpc) is 4.20. The number of hydrogen-bond donors (Lipinski definition) is 0. The summed E-state index contributed by atoms with van der Waals surface area (Å²) in [5.74, 6) is 0. The Hall–Kier alpha value is -8.96. The van der Waals surface area contributed by atoms with Gasteiger partial charge in [0.25, 0.3) is 0 Å². The van der Waals surface area contributed by atoms with Gasteiger partial charge < -0.3 is 14.2 Å². The summed E-state index contributed by atoms with van der Waals surface area (Å²) in [6, 6.07) is 92.6. The molecule has 16 rings (SSSR count). The maximum absolute atomic E-state index is 6.76. The van der Waals surface area contributed by atoms with E-state index in [1.165, 1.54) is 92.7 Å². The first-order valence-electron chi connectivity index (χ1n) is 25.3. The van der Waals surface area contributed by atoms with Gasteiger partial charge in [0.05, 0.1) is 39.2 Å². The van der Waals surface area contributed by atoms with Crippen LogP contribution in [-0.2, 0) is 10.8 Å². The van der Waals surface area contributed by atoms with Crippen LogP contribution in [0.15, 0.2) is 253 Å². The van der Waals surface area contributed by atoms with Crippen LogP contribution < -0.4 is 9.80 Å². The number of thiophene rings is 1. The quantitative estimate of drug-likeness (QED) is 0.166. The molecule has 13 aromatic rings. The maximum Gasteiger partial charge on any atom is 0.137 e.